The molecule has 2 aromatic rings. The Kier molecular flexibility index (Phi) is 5.09. The highest BCUT2D eigenvalue weighted by molar-refractivity contribution is 9.10. The molecule has 0 aliphatic heterocycles. The minimum atomic E-state index is -0.213. The van der Waals surface area contributed by atoms with Gasteiger partial charge >= 0.3 is 0 Å². The van der Waals surface area contributed by atoms with Crippen LogP contribution in [-0.2, 0) is 0 Å². The molecule has 1 aromatic heterocycles. The van der Waals surface area contributed by atoms with Gasteiger partial charge in [-0.3, -0.25) is 4.98 Å². The fourth-order valence-corrected chi connectivity index (χ4v) is 2.37. The van der Waals surface area contributed by atoms with Crippen molar-refractivity contribution in [3.8, 4) is 0 Å². The highest BCUT2D eigenvalue weighted by atomic mass is 79.9. The molecular formula is C15H17BrFN3. The first-order valence-electron chi connectivity index (χ1n) is 6.32. The summed E-state index contributed by atoms with van der Waals surface area (Å²) >= 11 is 3.40. The van der Waals surface area contributed by atoms with Crippen molar-refractivity contribution in [1.82, 2.24) is 9.88 Å². The zero-order valence-electron chi connectivity index (χ0n) is 11.5. The second-order valence-corrected chi connectivity index (χ2v) is 5.72. The summed E-state index contributed by atoms with van der Waals surface area (Å²) in [6.45, 7) is 0.719. The third-order valence-corrected chi connectivity index (χ3v) is 3.52. The van der Waals surface area contributed by atoms with Crippen LogP contribution in [0.1, 0.15) is 11.6 Å². The first-order chi connectivity index (χ1) is 9.56. The van der Waals surface area contributed by atoms with E-state index in [1.165, 1.54) is 12.1 Å². The van der Waals surface area contributed by atoms with Crippen LogP contribution in [0.4, 0.5) is 10.1 Å². The van der Waals surface area contributed by atoms with Crippen molar-refractivity contribution in [1.29, 1.82) is 0 Å². The van der Waals surface area contributed by atoms with Gasteiger partial charge in [0.15, 0.2) is 0 Å². The van der Waals surface area contributed by atoms with Crippen molar-refractivity contribution in [2.24, 2.45) is 0 Å². The first-order valence-corrected chi connectivity index (χ1v) is 7.12. The van der Waals surface area contributed by atoms with Gasteiger partial charge in [-0.15, -0.1) is 0 Å². The number of likely N-dealkylation sites (N-methyl/N-ethyl adjacent to an activating group) is 1. The lowest BCUT2D eigenvalue weighted by Gasteiger charge is -2.25. The lowest BCUT2D eigenvalue weighted by molar-refractivity contribution is 0.311. The van der Waals surface area contributed by atoms with E-state index in [4.69, 9.17) is 0 Å². The molecule has 5 heteroatoms. The zero-order chi connectivity index (χ0) is 14.5. The summed E-state index contributed by atoms with van der Waals surface area (Å²) in [5.41, 5.74) is 2.03. The molecule has 1 N–H and O–H groups in total. The highest BCUT2D eigenvalue weighted by Crippen LogP contribution is 2.20. The molecular weight excluding hydrogens is 321 g/mol. The third kappa shape index (κ3) is 4.02. The molecule has 106 valence electrons. The normalized spacial score (nSPS) is 12.4. The van der Waals surface area contributed by atoms with Crippen LogP contribution in [0.5, 0.6) is 0 Å². The van der Waals surface area contributed by atoms with Crippen LogP contribution in [-0.4, -0.2) is 30.5 Å². The molecule has 0 saturated carbocycles. The maximum absolute atomic E-state index is 13.0. The van der Waals surface area contributed by atoms with Gasteiger partial charge in [0, 0.05) is 17.2 Å². The number of rotatable bonds is 5. The lowest BCUT2D eigenvalue weighted by Crippen LogP contribution is -2.26. The molecule has 20 heavy (non-hydrogen) atoms. The predicted molar refractivity (Wildman–Crippen MR) is 83.3 cm³/mol. The Bertz CT molecular complexity index is 557. The molecule has 0 spiro atoms. The monoisotopic (exact) mass is 337 g/mol. The highest BCUT2D eigenvalue weighted by Gasteiger charge is 2.14. The third-order valence-electron chi connectivity index (χ3n) is 3.08. The summed E-state index contributed by atoms with van der Waals surface area (Å²) in [5, 5.41) is 3.35. The average molecular weight is 338 g/mol. The van der Waals surface area contributed by atoms with E-state index in [1.807, 2.05) is 32.3 Å². The largest absolute Gasteiger partial charge is 0.382 e. The Hall–Kier alpha value is -1.46. The number of hydrogen-bond acceptors (Lipinski definition) is 3. The van der Waals surface area contributed by atoms with Gasteiger partial charge in [0.2, 0.25) is 0 Å². The van der Waals surface area contributed by atoms with E-state index in [9.17, 15) is 4.39 Å². The summed E-state index contributed by atoms with van der Waals surface area (Å²) in [4.78, 5) is 6.22. The predicted octanol–water partition coefficient (Wildman–Crippen LogP) is 3.70. The number of halogens is 2. The van der Waals surface area contributed by atoms with Gasteiger partial charge in [0.05, 0.1) is 17.9 Å². The summed E-state index contributed by atoms with van der Waals surface area (Å²) in [7, 11) is 4.02. The van der Waals surface area contributed by atoms with Crippen molar-refractivity contribution < 1.29 is 4.39 Å². The molecule has 0 amide bonds. The number of nitrogens with one attached hydrogen (secondary N) is 1. The van der Waals surface area contributed by atoms with Crippen LogP contribution in [0.3, 0.4) is 0 Å². The number of hydrogen-bond donors (Lipinski definition) is 1. The Morgan fingerprint density at radius 3 is 2.55 bits per heavy atom. The Morgan fingerprint density at radius 2 is 1.95 bits per heavy atom. The standard InChI is InChI=1S/C15H17BrFN3/c1-20(2)15(11-3-5-13(17)6-4-11)10-19-14-7-12(16)8-18-9-14/h3-9,15,19H,10H2,1-2H3. The topological polar surface area (TPSA) is 28.2 Å². The summed E-state index contributed by atoms with van der Waals surface area (Å²) in [6.07, 6.45) is 3.52. The lowest BCUT2D eigenvalue weighted by atomic mass is 10.1. The van der Waals surface area contributed by atoms with Gasteiger partial charge in [0.25, 0.3) is 0 Å². The van der Waals surface area contributed by atoms with Crippen molar-refractivity contribution in [2.75, 3.05) is 26.0 Å². The molecule has 1 aromatic carbocycles. The van der Waals surface area contributed by atoms with E-state index in [0.29, 0.717) is 0 Å². The second kappa shape index (κ2) is 6.81. The van der Waals surface area contributed by atoms with Gasteiger partial charge in [-0.1, -0.05) is 12.1 Å². The molecule has 1 heterocycles. The fraction of sp³-hybridized carbons (Fsp3) is 0.267. The smallest absolute Gasteiger partial charge is 0.123 e. The average Bonchev–Trinajstić information content (AvgIpc) is 2.41. The molecule has 0 bridgehead atoms. The second-order valence-electron chi connectivity index (χ2n) is 4.80. The van der Waals surface area contributed by atoms with Gasteiger partial charge < -0.3 is 10.2 Å². The maximum atomic E-state index is 13.0. The summed E-state index contributed by atoms with van der Waals surface area (Å²) in [5.74, 6) is -0.213. The van der Waals surface area contributed by atoms with E-state index < -0.39 is 0 Å². The van der Waals surface area contributed by atoms with Crippen LogP contribution < -0.4 is 5.32 Å². The van der Waals surface area contributed by atoms with E-state index in [-0.39, 0.29) is 11.9 Å². The Morgan fingerprint density at radius 1 is 1.25 bits per heavy atom. The number of pyridine rings is 1. The molecule has 0 aliphatic rings. The van der Waals surface area contributed by atoms with E-state index >= 15 is 0 Å². The number of anilines is 1. The fourth-order valence-electron chi connectivity index (χ4n) is 2.01. The first kappa shape index (κ1) is 14.9. The SMILES string of the molecule is CN(C)C(CNc1cncc(Br)c1)c1ccc(F)cc1. The molecule has 0 fully saturated rings. The van der Waals surface area contributed by atoms with Crippen molar-refractivity contribution in [3.63, 3.8) is 0 Å². The van der Waals surface area contributed by atoms with Gasteiger partial charge in [-0.25, -0.2) is 4.39 Å². The molecule has 0 radical (unpaired) electrons. The van der Waals surface area contributed by atoms with E-state index in [0.717, 1.165) is 22.3 Å². The van der Waals surface area contributed by atoms with Crippen molar-refractivity contribution >= 4 is 21.6 Å². The van der Waals surface area contributed by atoms with Crippen molar-refractivity contribution in [2.45, 2.75) is 6.04 Å². The maximum Gasteiger partial charge on any atom is 0.123 e. The number of nitrogens with zero attached hydrogens (tertiary/aromatic N) is 2. The summed E-state index contributed by atoms with van der Waals surface area (Å²) < 4.78 is 13.9. The van der Waals surface area contributed by atoms with Crippen LogP contribution in [0.25, 0.3) is 0 Å². The molecule has 0 saturated heterocycles. The molecule has 0 aliphatic carbocycles. The summed E-state index contributed by atoms with van der Waals surface area (Å²) in [6, 6.07) is 8.76. The number of aromatic nitrogens is 1. The molecule has 2 rings (SSSR count). The zero-order valence-corrected chi connectivity index (χ0v) is 13.1. The van der Waals surface area contributed by atoms with Crippen LogP contribution in [0, 0.1) is 5.82 Å². The van der Waals surface area contributed by atoms with Gasteiger partial charge in [-0.2, -0.15) is 0 Å². The van der Waals surface area contributed by atoms with Gasteiger partial charge in [-0.05, 0) is 53.8 Å². The van der Waals surface area contributed by atoms with Crippen LogP contribution >= 0.6 is 15.9 Å². The van der Waals surface area contributed by atoms with E-state index in [2.05, 4.69) is 31.1 Å². The van der Waals surface area contributed by atoms with Crippen molar-refractivity contribution in [3.05, 3.63) is 58.6 Å². The Balaban J connectivity index is 2.08. The Labute approximate surface area is 127 Å². The van der Waals surface area contributed by atoms with E-state index in [1.54, 1.807) is 12.4 Å². The van der Waals surface area contributed by atoms with Crippen LogP contribution in [0.2, 0.25) is 0 Å². The minimum absolute atomic E-state index is 0.162. The minimum Gasteiger partial charge on any atom is -0.382 e. The molecule has 3 nitrogen and oxygen atoms in total. The quantitative estimate of drug-likeness (QED) is 0.901. The van der Waals surface area contributed by atoms with Gasteiger partial charge in [0.1, 0.15) is 5.82 Å². The molecule has 1 unspecified atom stereocenters. The number of benzene rings is 1. The van der Waals surface area contributed by atoms with Crippen LogP contribution in [0.15, 0.2) is 47.2 Å². The molecule has 1 atom stereocenters.